The molecule has 0 amide bonds. The van der Waals surface area contributed by atoms with Crippen LogP contribution in [0.1, 0.15) is 5.56 Å². The molecular weight excluding hydrogens is 246 g/mol. The molecule has 15 heavy (non-hydrogen) atoms. The first-order chi connectivity index (χ1) is 6.86. The quantitative estimate of drug-likeness (QED) is 0.381. The molecule has 0 bridgehead atoms. The predicted molar refractivity (Wildman–Crippen MR) is 52.5 cm³/mol. The van der Waals surface area contributed by atoms with E-state index in [1.807, 2.05) is 0 Å². The van der Waals surface area contributed by atoms with Gasteiger partial charge in [-0.2, -0.15) is 8.42 Å². The van der Waals surface area contributed by atoms with Crippen LogP contribution < -0.4 is 0 Å². The summed E-state index contributed by atoms with van der Waals surface area (Å²) in [7, 11) is -4.61. The average Bonchev–Trinajstić information content (AvgIpc) is 2.15. The Balaban J connectivity index is 3.50. The van der Waals surface area contributed by atoms with Crippen LogP contribution in [0.3, 0.4) is 0 Å². The van der Waals surface area contributed by atoms with Gasteiger partial charge in [0.25, 0.3) is 5.69 Å². The molecular formula is C7H6ClNO5S. The van der Waals surface area contributed by atoms with Crippen LogP contribution in [0.2, 0.25) is 0 Å². The molecule has 0 radical (unpaired) electrons. The molecule has 0 aromatic heterocycles. The standard InChI is InChI=1S/C7H6ClNO5S/c8-4-5-1-2-6(9(10)11)7(3-5)15(12,13)14/h1-3H,4H2,(H,12,13,14). The van der Waals surface area contributed by atoms with Gasteiger partial charge in [0.05, 0.1) is 4.92 Å². The summed E-state index contributed by atoms with van der Waals surface area (Å²) in [4.78, 5) is 8.83. The molecule has 0 heterocycles. The lowest BCUT2D eigenvalue weighted by atomic mass is 10.2. The third kappa shape index (κ3) is 2.65. The Morgan fingerprint density at radius 3 is 2.47 bits per heavy atom. The Bertz CT molecular complexity index is 498. The number of hydrogen-bond acceptors (Lipinski definition) is 4. The number of nitrogens with zero attached hydrogens (tertiary/aromatic N) is 1. The Hall–Kier alpha value is -1.18. The van der Waals surface area contributed by atoms with E-state index in [0.717, 1.165) is 12.1 Å². The second-order valence-corrected chi connectivity index (χ2v) is 4.33. The van der Waals surface area contributed by atoms with Crippen LogP contribution in [-0.4, -0.2) is 17.9 Å². The summed E-state index contributed by atoms with van der Waals surface area (Å²) in [6, 6.07) is 3.28. The molecule has 0 aliphatic carbocycles. The van der Waals surface area contributed by atoms with Crippen molar-refractivity contribution in [1.29, 1.82) is 0 Å². The molecule has 6 nitrogen and oxygen atoms in total. The van der Waals surface area contributed by atoms with Gasteiger partial charge in [0.15, 0.2) is 4.90 Å². The van der Waals surface area contributed by atoms with E-state index in [4.69, 9.17) is 16.2 Å². The number of alkyl halides is 1. The number of nitro benzene ring substituents is 1. The molecule has 0 saturated heterocycles. The smallest absolute Gasteiger partial charge is 0.282 e. The fraction of sp³-hybridized carbons (Fsp3) is 0.143. The van der Waals surface area contributed by atoms with Crippen LogP contribution in [0.5, 0.6) is 0 Å². The van der Waals surface area contributed by atoms with Crippen molar-refractivity contribution in [2.45, 2.75) is 10.8 Å². The third-order valence-corrected chi connectivity index (χ3v) is 2.84. The number of rotatable bonds is 3. The second kappa shape index (κ2) is 4.13. The van der Waals surface area contributed by atoms with Crippen LogP contribution in [0, 0.1) is 10.1 Å². The van der Waals surface area contributed by atoms with Crippen LogP contribution in [-0.2, 0) is 16.0 Å². The summed E-state index contributed by atoms with van der Waals surface area (Å²) >= 11 is 5.43. The van der Waals surface area contributed by atoms with Crippen molar-refractivity contribution in [3.63, 3.8) is 0 Å². The van der Waals surface area contributed by atoms with E-state index in [-0.39, 0.29) is 5.88 Å². The fourth-order valence-electron chi connectivity index (χ4n) is 0.999. The maximum atomic E-state index is 10.8. The van der Waals surface area contributed by atoms with Crippen molar-refractivity contribution in [1.82, 2.24) is 0 Å². The largest absolute Gasteiger partial charge is 0.301 e. The van der Waals surface area contributed by atoms with Gasteiger partial charge in [0.1, 0.15) is 0 Å². The van der Waals surface area contributed by atoms with E-state index in [1.165, 1.54) is 6.07 Å². The third-order valence-electron chi connectivity index (χ3n) is 1.65. The van der Waals surface area contributed by atoms with E-state index in [2.05, 4.69) is 0 Å². The van der Waals surface area contributed by atoms with Crippen molar-refractivity contribution >= 4 is 27.4 Å². The van der Waals surface area contributed by atoms with Crippen LogP contribution in [0.4, 0.5) is 5.69 Å². The van der Waals surface area contributed by atoms with Gasteiger partial charge in [-0.3, -0.25) is 14.7 Å². The van der Waals surface area contributed by atoms with Crippen molar-refractivity contribution in [2.75, 3.05) is 0 Å². The number of hydrogen-bond donors (Lipinski definition) is 1. The summed E-state index contributed by atoms with van der Waals surface area (Å²) in [6.45, 7) is 0. The summed E-state index contributed by atoms with van der Waals surface area (Å²) in [5, 5.41) is 10.5. The highest BCUT2D eigenvalue weighted by molar-refractivity contribution is 7.86. The molecule has 0 spiro atoms. The molecule has 1 aromatic carbocycles. The minimum absolute atomic E-state index is 0.000510. The summed E-state index contributed by atoms with van der Waals surface area (Å²) < 4.78 is 30.4. The first kappa shape index (κ1) is 11.9. The average molecular weight is 252 g/mol. The molecule has 1 rings (SSSR count). The lowest BCUT2D eigenvalue weighted by Gasteiger charge is -2.01. The molecule has 0 aliphatic rings. The molecule has 0 unspecified atom stereocenters. The first-order valence-corrected chi connectivity index (χ1v) is 5.64. The van der Waals surface area contributed by atoms with E-state index < -0.39 is 25.6 Å². The summed E-state index contributed by atoms with van der Waals surface area (Å²) in [5.74, 6) is 0.000510. The van der Waals surface area contributed by atoms with Crippen molar-refractivity contribution < 1.29 is 17.9 Å². The highest BCUT2D eigenvalue weighted by Crippen LogP contribution is 2.25. The lowest BCUT2D eigenvalue weighted by molar-refractivity contribution is -0.387. The molecule has 8 heteroatoms. The minimum Gasteiger partial charge on any atom is -0.282 e. The summed E-state index contributed by atoms with van der Waals surface area (Å²) in [5.41, 5.74) is -0.304. The Kier molecular flexibility index (Phi) is 3.28. The number of benzene rings is 1. The molecule has 1 aromatic rings. The van der Waals surface area contributed by atoms with Gasteiger partial charge in [-0.25, -0.2) is 0 Å². The first-order valence-electron chi connectivity index (χ1n) is 3.67. The van der Waals surface area contributed by atoms with Crippen molar-refractivity contribution in [3.8, 4) is 0 Å². The minimum atomic E-state index is -4.61. The predicted octanol–water partition coefficient (Wildman–Crippen LogP) is 1.58. The molecule has 0 fully saturated rings. The maximum Gasteiger partial charge on any atom is 0.301 e. The number of nitro groups is 1. The molecule has 1 N–H and O–H groups in total. The van der Waals surface area contributed by atoms with Gasteiger partial charge < -0.3 is 0 Å². The monoisotopic (exact) mass is 251 g/mol. The Morgan fingerprint density at radius 1 is 1.47 bits per heavy atom. The summed E-state index contributed by atoms with van der Waals surface area (Å²) in [6.07, 6.45) is 0. The zero-order valence-corrected chi connectivity index (χ0v) is 8.83. The van der Waals surface area contributed by atoms with Crippen LogP contribution in [0.25, 0.3) is 0 Å². The van der Waals surface area contributed by atoms with Gasteiger partial charge in [-0.15, -0.1) is 11.6 Å². The van der Waals surface area contributed by atoms with E-state index in [9.17, 15) is 18.5 Å². The van der Waals surface area contributed by atoms with Gasteiger partial charge in [-0.1, -0.05) is 6.07 Å². The zero-order valence-electron chi connectivity index (χ0n) is 7.25. The topological polar surface area (TPSA) is 97.5 Å². The van der Waals surface area contributed by atoms with Crippen LogP contribution >= 0.6 is 11.6 Å². The van der Waals surface area contributed by atoms with Gasteiger partial charge in [-0.05, 0) is 11.6 Å². The maximum absolute atomic E-state index is 10.8. The second-order valence-electron chi connectivity index (χ2n) is 2.67. The van der Waals surface area contributed by atoms with Crippen LogP contribution in [0.15, 0.2) is 23.1 Å². The Morgan fingerprint density at radius 2 is 2.07 bits per heavy atom. The van der Waals surface area contributed by atoms with Gasteiger partial charge in [0, 0.05) is 11.9 Å². The highest BCUT2D eigenvalue weighted by Gasteiger charge is 2.23. The van der Waals surface area contributed by atoms with E-state index >= 15 is 0 Å². The molecule has 0 atom stereocenters. The molecule has 0 saturated carbocycles. The fourth-order valence-corrected chi connectivity index (χ4v) is 1.87. The molecule has 82 valence electrons. The Labute approximate surface area is 90.4 Å². The SMILES string of the molecule is O=[N+]([O-])c1ccc(CCl)cc1S(=O)(=O)O. The highest BCUT2D eigenvalue weighted by atomic mass is 35.5. The normalized spacial score (nSPS) is 11.3. The van der Waals surface area contributed by atoms with Gasteiger partial charge in [0.2, 0.25) is 0 Å². The van der Waals surface area contributed by atoms with Gasteiger partial charge >= 0.3 is 10.1 Å². The number of halogens is 1. The van der Waals surface area contributed by atoms with E-state index in [1.54, 1.807) is 0 Å². The zero-order chi connectivity index (χ0) is 11.6. The molecule has 0 aliphatic heterocycles. The van der Waals surface area contributed by atoms with Crippen molar-refractivity contribution in [2.24, 2.45) is 0 Å². The van der Waals surface area contributed by atoms with Crippen molar-refractivity contribution in [3.05, 3.63) is 33.9 Å². The van der Waals surface area contributed by atoms with E-state index in [0.29, 0.717) is 5.56 Å². The lowest BCUT2D eigenvalue weighted by Crippen LogP contribution is -2.03.